The summed E-state index contributed by atoms with van der Waals surface area (Å²) in [5.74, 6) is 0.488. The summed E-state index contributed by atoms with van der Waals surface area (Å²) >= 11 is 6.00. The maximum atomic E-state index is 12.7. The number of methoxy groups -OCH3 is 1. The van der Waals surface area contributed by atoms with Crippen LogP contribution in [-0.2, 0) is 9.53 Å². The number of hydrogen-bond donors (Lipinski definition) is 0. The molecule has 2 saturated heterocycles. The Morgan fingerprint density at radius 3 is 2.60 bits per heavy atom. The first-order valence-corrected chi connectivity index (χ1v) is 9.12. The van der Waals surface area contributed by atoms with Crippen molar-refractivity contribution in [3.05, 3.63) is 34.9 Å². The molecule has 0 radical (unpaired) electrons. The Hall–Kier alpha value is -1.59. The first-order valence-electron chi connectivity index (χ1n) is 8.74. The molecular weight excluding hydrogens is 340 g/mol. The molecule has 1 aromatic carbocycles. The quantitative estimate of drug-likeness (QED) is 0.828. The van der Waals surface area contributed by atoms with E-state index in [1.165, 1.54) is 0 Å². The van der Waals surface area contributed by atoms with Crippen molar-refractivity contribution in [3.8, 4) is 0 Å². The Kier molecular flexibility index (Phi) is 5.35. The number of halogens is 1. The molecule has 1 atom stereocenters. The minimum Gasteiger partial charge on any atom is -0.384 e. The van der Waals surface area contributed by atoms with E-state index in [1.807, 2.05) is 9.80 Å². The van der Waals surface area contributed by atoms with E-state index in [0.29, 0.717) is 36.2 Å². The molecule has 1 unspecified atom stereocenters. The molecular formula is C19H25ClN2O3. The minimum atomic E-state index is 0.0297. The van der Waals surface area contributed by atoms with Crippen LogP contribution < -0.4 is 0 Å². The average Bonchev–Trinajstić information content (AvgIpc) is 2.94. The van der Waals surface area contributed by atoms with Gasteiger partial charge in [0.15, 0.2) is 0 Å². The van der Waals surface area contributed by atoms with Gasteiger partial charge in [-0.15, -0.1) is 0 Å². The molecule has 2 fully saturated rings. The summed E-state index contributed by atoms with van der Waals surface area (Å²) in [4.78, 5) is 28.4. The first-order chi connectivity index (χ1) is 11.9. The molecule has 6 heteroatoms. The molecule has 25 heavy (non-hydrogen) atoms. The second kappa shape index (κ2) is 7.34. The second-order valence-corrected chi connectivity index (χ2v) is 7.65. The van der Waals surface area contributed by atoms with Crippen LogP contribution in [0.4, 0.5) is 0 Å². The monoisotopic (exact) mass is 364 g/mol. The molecule has 0 bridgehead atoms. The maximum Gasteiger partial charge on any atom is 0.253 e. The van der Waals surface area contributed by atoms with E-state index >= 15 is 0 Å². The van der Waals surface area contributed by atoms with Crippen molar-refractivity contribution >= 4 is 23.4 Å². The fourth-order valence-electron chi connectivity index (χ4n) is 4.23. The number of nitrogens with zero attached hydrogens (tertiary/aromatic N) is 2. The summed E-state index contributed by atoms with van der Waals surface area (Å²) in [5.41, 5.74) is 0.695. The van der Waals surface area contributed by atoms with Gasteiger partial charge >= 0.3 is 0 Å². The summed E-state index contributed by atoms with van der Waals surface area (Å²) in [6.45, 7) is 5.22. The standard InChI is InChI=1S/C19H25ClN2O3/c1-14(23)22-11-16(12-25-2)19(13-22)6-8-21(9-7-19)18(24)15-4-3-5-17(20)10-15/h3-5,10,16H,6-9,11-13H2,1-2H3. The van der Waals surface area contributed by atoms with Gasteiger partial charge in [-0.1, -0.05) is 17.7 Å². The SMILES string of the molecule is COCC1CN(C(C)=O)CC12CCN(C(=O)c1cccc(Cl)c1)CC2. The van der Waals surface area contributed by atoms with Gasteiger partial charge < -0.3 is 14.5 Å². The van der Waals surface area contributed by atoms with Gasteiger partial charge in [0.25, 0.3) is 5.91 Å². The van der Waals surface area contributed by atoms with Crippen molar-refractivity contribution in [2.75, 3.05) is 39.9 Å². The van der Waals surface area contributed by atoms with Gasteiger partial charge in [-0.3, -0.25) is 9.59 Å². The number of hydrogen-bond acceptors (Lipinski definition) is 3. The third-order valence-corrected chi connectivity index (χ3v) is 5.98. The van der Waals surface area contributed by atoms with Gasteiger partial charge in [-0.05, 0) is 36.5 Å². The van der Waals surface area contributed by atoms with Gasteiger partial charge in [0.2, 0.25) is 5.91 Å². The summed E-state index contributed by atoms with van der Waals surface area (Å²) in [6, 6.07) is 7.10. The van der Waals surface area contributed by atoms with E-state index < -0.39 is 0 Å². The van der Waals surface area contributed by atoms with Crippen molar-refractivity contribution in [2.45, 2.75) is 19.8 Å². The van der Waals surface area contributed by atoms with Crippen LogP contribution in [0.2, 0.25) is 5.02 Å². The van der Waals surface area contributed by atoms with E-state index in [2.05, 4.69) is 0 Å². The van der Waals surface area contributed by atoms with E-state index in [-0.39, 0.29) is 17.2 Å². The Bertz CT molecular complexity index is 656. The molecule has 2 amide bonds. The number of piperidine rings is 1. The lowest BCUT2D eigenvalue weighted by molar-refractivity contribution is -0.128. The van der Waals surface area contributed by atoms with E-state index in [4.69, 9.17) is 16.3 Å². The molecule has 0 aliphatic carbocycles. The summed E-state index contributed by atoms with van der Waals surface area (Å²) < 4.78 is 5.40. The van der Waals surface area contributed by atoms with Crippen molar-refractivity contribution in [1.29, 1.82) is 0 Å². The van der Waals surface area contributed by atoms with Crippen LogP contribution >= 0.6 is 11.6 Å². The Morgan fingerprint density at radius 2 is 2.00 bits per heavy atom. The lowest BCUT2D eigenvalue weighted by atomic mass is 9.71. The van der Waals surface area contributed by atoms with Crippen LogP contribution in [-0.4, -0.2) is 61.5 Å². The lowest BCUT2D eigenvalue weighted by Crippen LogP contribution is -2.47. The van der Waals surface area contributed by atoms with E-state index in [0.717, 1.165) is 25.9 Å². The van der Waals surface area contributed by atoms with Gasteiger partial charge in [0.1, 0.15) is 0 Å². The number of carbonyl (C=O) groups is 2. The Balaban J connectivity index is 1.69. The lowest BCUT2D eigenvalue weighted by Gasteiger charge is -2.42. The Labute approximate surface area is 153 Å². The molecule has 3 rings (SSSR count). The molecule has 2 heterocycles. The molecule has 2 aliphatic rings. The normalized spacial score (nSPS) is 22.4. The predicted octanol–water partition coefficient (Wildman–Crippen LogP) is 2.69. The maximum absolute atomic E-state index is 12.7. The van der Waals surface area contributed by atoms with Crippen LogP contribution in [0.15, 0.2) is 24.3 Å². The zero-order valence-electron chi connectivity index (χ0n) is 14.8. The third kappa shape index (κ3) is 3.67. The molecule has 5 nitrogen and oxygen atoms in total. The number of benzene rings is 1. The number of carbonyl (C=O) groups excluding carboxylic acids is 2. The molecule has 0 aromatic heterocycles. The number of amides is 2. The average molecular weight is 365 g/mol. The summed E-state index contributed by atoms with van der Waals surface area (Å²) in [6.07, 6.45) is 1.80. The molecule has 0 saturated carbocycles. The van der Waals surface area contributed by atoms with E-state index in [1.54, 1.807) is 38.3 Å². The number of likely N-dealkylation sites (tertiary alicyclic amines) is 2. The highest BCUT2D eigenvalue weighted by atomic mass is 35.5. The molecule has 2 aliphatic heterocycles. The van der Waals surface area contributed by atoms with E-state index in [9.17, 15) is 9.59 Å². The fourth-order valence-corrected chi connectivity index (χ4v) is 4.42. The van der Waals surface area contributed by atoms with Crippen molar-refractivity contribution in [2.24, 2.45) is 11.3 Å². The molecule has 1 aromatic rings. The topological polar surface area (TPSA) is 49.9 Å². The third-order valence-electron chi connectivity index (χ3n) is 5.74. The highest BCUT2D eigenvalue weighted by Crippen LogP contribution is 2.45. The number of rotatable bonds is 3. The molecule has 0 N–H and O–H groups in total. The highest BCUT2D eigenvalue weighted by molar-refractivity contribution is 6.30. The van der Waals surface area contributed by atoms with Crippen LogP contribution in [0.5, 0.6) is 0 Å². The summed E-state index contributed by atoms with van der Waals surface area (Å²) in [7, 11) is 1.71. The Morgan fingerprint density at radius 1 is 1.28 bits per heavy atom. The van der Waals surface area contributed by atoms with Gasteiger partial charge in [-0.2, -0.15) is 0 Å². The fraction of sp³-hybridized carbons (Fsp3) is 0.579. The predicted molar refractivity (Wildman–Crippen MR) is 96.6 cm³/mol. The first kappa shape index (κ1) is 18.2. The van der Waals surface area contributed by atoms with Crippen molar-refractivity contribution in [3.63, 3.8) is 0 Å². The minimum absolute atomic E-state index is 0.0297. The second-order valence-electron chi connectivity index (χ2n) is 7.22. The molecule has 1 spiro atoms. The largest absolute Gasteiger partial charge is 0.384 e. The zero-order chi connectivity index (χ0) is 18.0. The van der Waals surface area contributed by atoms with Crippen LogP contribution in [0.1, 0.15) is 30.1 Å². The number of ether oxygens (including phenoxy) is 1. The van der Waals surface area contributed by atoms with Crippen molar-refractivity contribution < 1.29 is 14.3 Å². The van der Waals surface area contributed by atoms with Crippen LogP contribution in [0.25, 0.3) is 0 Å². The zero-order valence-corrected chi connectivity index (χ0v) is 15.6. The van der Waals surface area contributed by atoms with Crippen molar-refractivity contribution in [1.82, 2.24) is 9.80 Å². The van der Waals surface area contributed by atoms with Gasteiger partial charge in [0, 0.05) is 56.7 Å². The summed E-state index contributed by atoms with van der Waals surface area (Å²) in [5, 5.41) is 0.576. The smallest absolute Gasteiger partial charge is 0.253 e. The van der Waals surface area contributed by atoms with Gasteiger partial charge in [0.05, 0.1) is 6.61 Å². The van der Waals surface area contributed by atoms with Gasteiger partial charge in [-0.25, -0.2) is 0 Å². The molecule has 136 valence electrons. The highest BCUT2D eigenvalue weighted by Gasteiger charge is 2.49. The van der Waals surface area contributed by atoms with Crippen LogP contribution in [0.3, 0.4) is 0 Å². The van der Waals surface area contributed by atoms with Crippen LogP contribution in [0, 0.1) is 11.3 Å².